The molecule has 4 rings (SSSR count). The van der Waals surface area contributed by atoms with E-state index in [2.05, 4.69) is 15.2 Å². The molecule has 128 valence electrons. The molecule has 0 unspecified atom stereocenters. The Balaban J connectivity index is 1.80. The Morgan fingerprint density at radius 1 is 0.808 bits per heavy atom. The zero-order valence-electron chi connectivity index (χ0n) is 13.6. The van der Waals surface area contributed by atoms with Crippen molar-refractivity contribution in [3.8, 4) is 5.88 Å². The second-order valence-corrected chi connectivity index (χ2v) is 6.65. The highest BCUT2D eigenvalue weighted by atomic mass is 32.2. The summed E-state index contributed by atoms with van der Waals surface area (Å²) in [6, 6.07) is 21.4. The summed E-state index contributed by atoms with van der Waals surface area (Å²) in [6.45, 7) is 0. The van der Waals surface area contributed by atoms with E-state index in [1.165, 1.54) is 17.8 Å². The first kappa shape index (κ1) is 16.4. The van der Waals surface area contributed by atoms with Crippen molar-refractivity contribution in [2.24, 2.45) is 10.2 Å². The summed E-state index contributed by atoms with van der Waals surface area (Å²) < 4.78 is 14.0. The summed E-state index contributed by atoms with van der Waals surface area (Å²) in [4.78, 5) is 4.19. The molecule has 1 aromatic heterocycles. The van der Waals surface area contributed by atoms with Crippen molar-refractivity contribution < 1.29 is 9.50 Å². The van der Waals surface area contributed by atoms with Crippen LogP contribution in [-0.2, 0) is 0 Å². The molecule has 0 amide bonds. The van der Waals surface area contributed by atoms with Gasteiger partial charge in [0.15, 0.2) is 5.69 Å². The van der Waals surface area contributed by atoms with Crippen LogP contribution in [0.15, 0.2) is 92.8 Å². The average Bonchev–Trinajstić information content (AvgIpc) is 2.99. The van der Waals surface area contributed by atoms with Gasteiger partial charge in [0, 0.05) is 15.2 Å². The van der Waals surface area contributed by atoms with E-state index >= 15 is 0 Å². The van der Waals surface area contributed by atoms with E-state index in [1.54, 1.807) is 18.2 Å². The standard InChI is InChI=1S/C20H14FN3OS/c21-14-9-4-5-11-16(14)26-17-12-6-10-15-18(17)19(20(25)22-15)24-23-13-7-2-1-3-8-13/h1-12,22,25H. The third kappa shape index (κ3) is 3.19. The predicted molar refractivity (Wildman–Crippen MR) is 101 cm³/mol. The van der Waals surface area contributed by atoms with Crippen molar-refractivity contribution in [2.75, 3.05) is 0 Å². The van der Waals surface area contributed by atoms with Crippen LogP contribution in [0, 0.1) is 5.82 Å². The van der Waals surface area contributed by atoms with Gasteiger partial charge in [0.2, 0.25) is 5.88 Å². The third-order valence-corrected chi connectivity index (χ3v) is 4.93. The van der Waals surface area contributed by atoms with Crippen molar-refractivity contribution in [3.05, 3.63) is 78.6 Å². The quantitative estimate of drug-likeness (QED) is 0.402. The largest absolute Gasteiger partial charge is 0.493 e. The van der Waals surface area contributed by atoms with Gasteiger partial charge in [-0.1, -0.05) is 48.2 Å². The van der Waals surface area contributed by atoms with Gasteiger partial charge in [-0.15, -0.1) is 5.11 Å². The summed E-state index contributed by atoms with van der Waals surface area (Å²) >= 11 is 1.29. The Kier molecular flexibility index (Phi) is 4.41. The van der Waals surface area contributed by atoms with Crippen LogP contribution in [0.4, 0.5) is 15.8 Å². The first-order chi connectivity index (χ1) is 12.7. The third-order valence-electron chi connectivity index (χ3n) is 3.82. The number of benzene rings is 3. The number of hydrogen-bond acceptors (Lipinski definition) is 4. The first-order valence-electron chi connectivity index (χ1n) is 7.95. The Hall–Kier alpha value is -3.12. The van der Waals surface area contributed by atoms with Crippen LogP contribution in [0.3, 0.4) is 0 Å². The lowest BCUT2D eigenvalue weighted by atomic mass is 10.2. The lowest BCUT2D eigenvalue weighted by molar-refractivity contribution is 0.459. The molecule has 0 aliphatic heterocycles. The lowest BCUT2D eigenvalue weighted by Gasteiger charge is -2.05. The number of hydrogen-bond donors (Lipinski definition) is 2. The number of rotatable bonds is 4. The Labute approximate surface area is 153 Å². The van der Waals surface area contributed by atoms with E-state index in [0.717, 1.165) is 4.90 Å². The maximum absolute atomic E-state index is 14.0. The number of H-pyrrole nitrogens is 1. The van der Waals surface area contributed by atoms with Gasteiger partial charge in [0.1, 0.15) is 5.82 Å². The summed E-state index contributed by atoms with van der Waals surface area (Å²) in [5, 5.41) is 19.4. The summed E-state index contributed by atoms with van der Waals surface area (Å²) in [5.41, 5.74) is 1.73. The van der Waals surface area contributed by atoms with Crippen LogP contribution in [0.25, 0.3) is 10.9 Å². The monoisotopic (exact) mass is 363 g/mol. The van der Waals surface area contributed by atoms with Gasteiger partial charge in [0.05, 0.1) is 11.2 Å². The molecule has 0 saturated heterocycles. The highest BCUT2D eigenvalue weighted by Crippen LogP contribution is 2.43. The van der Waals surface area contributed by atoms with Crippen LogP contribution in [0.5, 0.6) is 5.88 Å². The molecule has 1 heterocycles. The van der Waals surface area contributed by atoms with E-state index in [1.807, 2.05) is 48.5 Å². The number of aromatic amines is 1. The summed E-state index contributed by atoms with van der Waals surface area (Å²) in [6.07, 6.45) is 0. The van der Waals surface area contributed by atoms with Crippen LogP contribution in [-0.4, -0.2) is 10.1 Å². The van der Waals surface area contributed by atoms with Gasteiger partial charge in [-0.25, -0.2) is 4.39 Å². The molecule has 0 spiro atoms. The number of aromatic nitrogens is 1. The molecule has 0 saturated carbocycles. The number of nitrogens with zero attached hydrogens (tertiary/aromatic N) is 2. The SMILES string of the molecule is Oc1[nH]c2cccc(Sc3ccccc3F)c2c1N=Nc1ccccc1. The van der Waals surface area contributed by atoms with Crippen molar-refractivity contribution in [1.82, 2.24) is 4.98 Å². The van der Waals surface area contributed by atoms with Crippen LogP contribution in [0.2, 0.25) is 0 Å². The van der Waals surface area contributed by atoms with E-state index in [4.69, 9.17) is 0 Å². The molecule has 0 atom stereocenters. The minimum Gasteiger partial charge on any atom is -0.493 e. The number of nitrogens with one attached hydrogen (secondary N) is 1. The first-order valence-corrected chi connectivity index (χ1v) is 8.77. The van der Waals surface area contributed by atoms with Gasteiger partial charge in [0.25, 0.3) is 0 Å². The van der Waals surface area contributed by atoms with Crippen LogP contribution in [0.1, 0.15) is 0 Å². The number of fused-ring (bicyclic) bond motifs is 1. The fraction of sp³-hybridized carbons (Fsp3) is 0. The van der Waals surface area contributed by atoms with E-state index in [9.17, 15) is 9.50 Å². The minimum atomic E-state index is -0.290. The van der Waals surface area contributed by atoms with Gasteiger partial charge < -0.3 is 10.1 Å². The Bertz CT molecular complexity index is 1090. The zero-order valence-corrected chi connectivity index (χ0v) is 14.4. The van der Waals surface area contributed by atoms with Crippen LogP contribution >= 0.6 is 11.8 Å². The maximum Gasteiger partial charge on any atom is 0.218 e. The fourth-order valence-electron chi connectivity index (χ4n) is 2.62. The second-order valence-electron chi connectivity index (χ2n) is 5.57. The molecule has 0 radical (unpaired) electrons. The van der Waals surface area contributed by atoms with Gasteiger partial charge in [-0.05, 0) is 36.4 Å². The molecule has 3 aromatic carbocycles. The van der Waals surface area contributed by atoms with E-state index in [0.29, 0.717) is 27.2 Å². The van der Waals surface area contributed by atoms with Crippen molar-refractivity contribution in [1.29, 1.82) is 0 Å². The van der Waals surface area contributed by atoms with E-state index < -0.39 is 0 Å². The minimum absolute atomic E-state index is 0.0683. The van der Waals surface area contributed by atoms with E-state index in [-0.39, 0.29) is 11.7 Å². The molecule has 4 aromatic rings. The maximum atomic E-state index is 14.0. The molecule has 6 heteroatoms. The zero-order chi connectivity index (χ0) is 17.9. The van der Waals surface area contributed by atoms with Gasteiger partial charge >= 0.3 is 0 Å². The second kappa shape index (κ2) is 7.01. The number of aromatic hydroxyl groups is 1. The summed E-state index contributed by atoms with van der Waals surface area (Å²) in [7, 11) is 0. The average molecular weight is 363 g/mol. The van der Waals surface area contributed by atoms with Gasteiger partial charge in [-0.3, -0.25) is 0 Å². The fourth-order valence-corrected chi connectivity index (χ4v) is 3.62. The molecule has 2 N–H and O–H groups in total. The molecule has 0 aliphatic rings. The number of halogens is 1. The molecular formula is C20H14FN3OS. The predicted octanol–water partition coefficient (Wildman–Crippen LogP) is 6.58. The topological polar surface area (TPSA) is 60.7 Å². The molecular weight excluding hydrogens is 349 g/mol. The highest BCUT2D eigenvalue weighted by molar-refractivity contribution is 7.99. The van der Waals surface area contributed by atoms with Crippen molar-refractivity contribution in [2.45, 2.75) is 9.79 Å². The molecule has 0 fully saturated rings. The lowest BCUT2D eigenvalue weighted by Crippen LogP contribution is -1.80. The smallest absolute Gasteiger partial charge is 0.218 e. The summed E-state index contributed by atoms with van der Waals surface area (Å²) in [5.74, 6) is -0.358. The molecule has 26 heavy (non-hydrogen) atoms. The normalized spacial score (nSPS) is 11.4. The van der Waals surface area contributed by atoms with Gasteiger partial charge in [-0.2, -0.15) is 5.11 Å². The van der Waals surface area contributed by atoms with Crippen molar-refractivity contribution in [3.63, 3.8) is 0 Å². The molecule has 0 aliphatic carbocycles. The highest BCUT2D eigenvalue weighted by Gasteiger charge is 2.16. The van der Waals surface area contributed by atoms with Crippen LogP contribution < -0.4 is 0 Å². The Morgan fingerprint density at radius 2 is 1.54 bits per heavy atom. The Morgan fingerprint density at radius 3 is 2.35 bits per heavy atom. The molecule has 0 bridgehead atoms. The molecule has 4 nitrogen and oxygen atoms in total. The van der Waals surface area contributed by atoms with Crippen molar-refractivity contribution >= 4 is 34.0 Å². The number of azo groups is 1.